The minimum Gasteiger partial charge on any atom is -0.481 e. The topological polar surface area (TPSA) is 87.7 Å². The molecule has 0 saturated heterocycles. The summed E-state index contributed by atoms with van der Waals surface area (Å²) < 4.78 is 5.27. The lowest BCUT2D eigenvalue weighted by atomic mass is 10.1. The smallest absolute Gasteiger partial charge is 0.314 e. The van der Waals surface area contributed by atoms with Crippen LogP contribution in [0.4, 0.5) is 4.79 Å². The molecule has 0 aromatic heterocycles. The minimum absolute atomic E-state index is 0.160. The van der Waals surface area contributed by atoms with E-state index in [0.29, 0.717) is 32.5 Å². The lowest BCUT2D eigenvalue weighted by Gasteiger charge is -2.10. The molecule has 6 heteroatoms. The standard InChI is InChI=1S/C12H24N2O4/c1-9(2)18-8-7-14-12(17)13-6-4-5-10(3)11(15)16/h9-10H,4-8H2,1-3H3,(H,15,16)(H2,13,14,17). The molecule has 0 heterocycles. The number of amides is 2. The highest BCUT2D eigenvalue weighted by Crippen LogP contribution is 2.03. The molecule has 0 radical (unpaired) electrons. The zero-order chi connectivity index (χ0) is 14.0. The highest BCUT2D eigenvalue weighted by molar-refractivity contribution is 5.73. The van der Waals surface area contributed by atoms with Gasteiger partial charge in [0.2, 0.25) is 0 Å². The fourth-order valence-corrected chi connectivity index (χ4v) is 1.26. The Labute approximate surface area is 108 Å². The van der Waals surface area contributed by atoms with E-state index in [0.717, 1.165) is 0 Å². The van der Waals surface area contributed by atoms with Crippen molar-refractivity contribution >= 4 is 12.0 Å². The van der Waals surface area contributed by atoms with Crippen molar-refractivity contribution in [2.45, 2.75) is 39.7 Å². The van der Waals surface area contributed by atoms with Crippen molar-refractivity contribution in [3.8, 4) is 0 Å². The lowest BCUT2D eigenvalue weighted by molar-refractivity contribution is -0.141. The molecule has 2 amide bonds. The number of hydrogen-bond donors (Lipinski definition) is 3. The molecule has 0 aliphatic heterocycles. The molecule has 1 unspecified atom stereocenters. The van der Waals surface area contributed by atoms with Crippen molar-refractivity contribution in [2.24, 2.45) is 5.92 Å². The largest absolute Gasteiger partial charge is 0.481 e. The van der Waals surface area contributed by atoms with E-state index < -0.39 is 5.97 Å². The second-order valence-electron chi connectivity index (χ2n) is 4.48. The van der Waals surface area contributed by atoms with Gasteiger partial charge >= 0.3 is 12.0 Å². The summed E-state index contributed by atoms with van der Waals surface area (Å²) in [7, 11) is 0. The number of carboxylic acid groups (broad SMARTS) is 1. The highest BCUT2D eigenvalue weighted by Gasteiger charge is 2.09. The quantitative estimate of drug-likeness (QED) is 0.544. The fraction of sp³-hybridized carbons (Fsp3) is 0.833. The molecule has 0 aliphatic rings. The molecule has 0 aromatic rings. The minimum atomic E-state index is -0.801. The van der Waals surface area contributed by atoms with Crippen LogP contribution >= 0.6 is 0 Å². The molecule has 0 aliphatic carbocycles. The first kappa shape index (κ1) is 16.7. The number of carbonyl (C=O) groups excluding carboxylic acids is 1. The zero-order valence-electron chi connectivity index (χ0n) is 11.4. The van der Waals surface area contributed by atoms with Crippen LogP contribution in [0.1, 0.15) is 33.6 Å². The SMILES string of the molecule is CC(C)OCCNC(=O)NCCCC(C)C(=O)O. The van der Waals surface area contributed by atoms with Gasteiger partial charge in [0.05, 0.1) is 18.6 Å². The zero-order valence-corrected chi connectivity index (χ0v) is 11.4. The van der Waals surface area contributed by atoms with Crippen molar-refractivity contribution in [2.75, 3.05) is 19.7 Å². The van der Waals surface area contributed by atoms with E-state index in [9.17, 15) is 9.59 Å². The summed E-state index contributed by atoms with van der Waals surface area (Å²) in [6, 6.07) is -0.245. The van der Waals surface area contributed by atoms with Crippen LogP contribution in [-0.2, 0) is 9.53 Å². The maximum atomic E-state index is 11.3. The molecule has 18 heavy (non-hydrogen) atoms. The summed E-state index contributed by atoms with van der Waals surface area (Å²) in [6.07, 6.45) is 1.38. The van der Waals surface area contributed by atoms with Crippen molar-refractivity contribution < 1.29 is 19.4 Å². The highest BCUT2D eigenvalue weighted by atomic mass is 16.5. The second-order valence-corrected chi connectivity index (χ2v) is 4.48. The Balaban J connectivity index is 3.40. The number of rotatable bonds is 9. The van der Waals surface area contributed by atoms with Gasteiger partial charge in [-0.3, -0.25) is 4.79 Å². The van der Waals surface area contributed by atoms with Gasteiger partial charge in [0, 0.05) is 13.1 Å². The maximum absolute atomic E-state index is 11.3. The molecule has 6 nitrogen and oxygen atoms in total. The van der Waals surface area contributed by atoms with Crippen LogP contribution in [0.15, 0.2) is 0 Å². The van der Waals surface area contributed by atoms with Crippen LogP contribution in [-0.4, -0.2) is 42.9 Å². The predicted octanol–water partition coefficient (Wildman–Crippen LogP) is 1.21. The number of urea groups is 1. The predicted molar refractivity (Wildman–Crippen MR) is 68.5 cm³/mol. The monoisotopic (exact) mass is 260 g/mol. The molecule has 106 valence electrons. The van der Waals surface area contributed by atoms with E-state index in [4.69, 9.17) is 9.84 Å². The van der Waals surface area contributed by atoms with Crippen molar-refractivity contribution in [1.29, 1.82) is 0 Å². The molecule has 3 N–H and O–H groups in total. The molecule has 0 spiro atoms. The number of carboxylic acids is 1. The summed E-state index contributed by atoms with van der Waals surface area (Å²) >= 11 is 0. The number of carbonyl (C=O) groups is 2. The Morgan fingerprint density at radius 2 is 1.78 bits per heavy atom. The van der Waals surface area contributed by atoms with Gasteiger partial charge in [-0.2, -0.15) is 0 Å². The third kappa shape index (κ3) is 9.89. The molecular formula is C12H24N2O4. The Morgan fingerprint density at radius 3 is 2.33 bits per heavy atom. The summed E-state index contributed by atoms with van der Waals surface area (Å²) in [4.78, 5) is 21.8. The summed E-state index contributed by atoms with van der Waals surface area (Å²) in [6.45, 7) is 6.96. The number of nitrogens with one attached hydrogen (secondary N) is 2. The van der Waals surface area contributed by atoms with Crippen molar-refractivity contribution in [3.05, 3.63) is 0 Å². The molecule has 0 bridgehead atoms. The average molecular weight is 260 g/mol. The van der Waals surface area contributed by atoms with E-state index in [1.807, 2.05) is 13.8 Å². The van der Waals surface area contributed by atoms with Gasteiger partial charge in [0.15, 0.2) is 0 Å². The van der Waals surface area contributed by atoms with Crippen LogP contribution in [0.3, 0.4) is 0 Å². The van der Waals surface area contributed by atoms with Gasteiger partial charge in [-0.15, -0.1) is 0 Å². The Kier molecular flexibility index (Phi) is 9.00. The summed E-state index contributed by atoms with van der Waals surface area (Å²) in [5, 5.41) is 14.0. The molecule has 0 saturated carbocycles. The maximum Gasteiger partial charge on any atom is 0.314 e. The van der Waals surface area contributed by atoms with Gasteiger partial charge < -0.3 is 20.5 Å². The first-order valence-electron chi connectivity index (χ1n) is 6.29. The third-order valence-corrected chi connectivity index (χ3v) is 2.36. The van der Waals surface area contributed by atoms with Crippen molar-refractivity contribution in [3.63, 3.8) is 0 Å². The van der Waals surface area contributed by atoms with Gasteiger partial charge in [-0.1, -0.05) is 6.92 Å². The summed E-state index contributed by atoms with van der Waals surface area (Å²) in [5.41, 5.74) is 0. The summed E-state index contributed by atoms with van der Waals surface area (Å²) in [5.74, 6) is -1.17. The van der Waals surface area contributed by atoms with E-state index in [-0.39, 0.29) is 18.1 Å². The van der Waals surface area contributed by atoms with Crippen LogP contribution in [0, 0.1) is 5.92 Å². The third-order valence-electron chi connectivity index (χ3n) is 2.36. The van der Waals surface area contributed by atoms with Crippen LogP contribution in [0.2, 0.25) is 0 Å². The first-order valence-corrected chi connectivity index (χ1v) is 6.29. The van der Waals surface area contributed by atoms with Gasteiger partial charge in [0.25, 0.3) is 0 Å². The number of aliphatic carboxylic acids is 1. The Morgan fingerprint density at radius 1 is 1.17 bits per heavy atom. The molecule has 1 atom stereocenters. The second kappa shape index (κ2) is 9.70. The first-order chi connectivity index (χ1) is 8.43. The van der Waals surface area contributed by atoms with E-state index in [1.165, 1.54) is 0 Å². The van der Waals surface area contributed by atoms with Gasteiger partial charge in [-0.05, 0) is 26.7 Å². The van der Waals surface area contributed by atoms with E-state index in [1.54, 1.807) is 6.92 Å². The van der Waals surface area contributed by atoms with Gasteiger partial charge in [-0.25, -0.2) is 4.79 Å². The van der Waals surface area contributed by atoms with Crippen LogP contribution in [0.25, 0.3) is 0 Å². The van der Waals surface area contributed by atoms with E-state index >= 15 is 0 Å². The van der Waals surface area contributed by atoms with Crippen LogP contribution in [0.5, 0.6) is 0 Å². The molecular weight excluding hydrogens is 236 g/mol. The molecule has 0 fully saturated rings. The average Bonchev–Trinajstić information content (AvgIpc) is 2.29. The van der Waals surface area contributed by atoms with Gasteiger partial charge in [0.1, 0.15) is 0 Å². The van der Waals surface area contributed by atoms with E-state index in [2.05, 4.69) is 10.6 Å². The Hall–Kier alpha value is -1.30. The number of ether oxygens (including phenoxy) is 1. The molecule has 0 rings (SSSR count). The fourth-order valence-electron chi connectivity index (χ4n) is 1.26. The van der Waals surface area contributed by atoms with Crippen LogP contribution < -0.4 is 10.6 Å². The molecule has 0 aromatic carbocycles. The number of hydrogen-bond acceptors (Lipinski definition) is 3. The normalized spacial score (nSPS) is 12.2. The lowest BCUT2D eigenvalue weighted by Crippen LogP contribution is -2.38. The Bertz CT molecular complexity index is 256. The van der Waals surface area contributed by atoms with Crippen molar-refractivity contribution in [1.82, 2.24) is 10.6 Å².